The van der Waals surface area contributed by atoms with E-state index in [9.17, 15) is 4.39 Å². The summed E-state index contributed by atoms with van der Waals surface area (Å²) in [7, 11) is 1.39. The summed E-state index contributed by atoms with van der Waals surface area (Å²) in [5.41, 5.74) is 6.21. The second-order valence-corrected chi connectivity index (χ2v) is 3.43. The Bertz CT molecular complexity index is 577. The fraction of sp³-hybridized carbons (Fsp3) is 0.111. The normalized spacial score (nSPS) is 10.4. The van der Waals surface area contributed by atoms with Gasteiger partial charge in [0.25, 0.3) is 0 Å². The van der Waals surface area contributed by atoms with Gasteiger partial charge in [0.15, 0.2) is 11.6 Å². The lowest BCUT2D eigenvalue weighted by Gasteiger charge is -2.06. The van der Waals surface area contributed by atoms with E-state index in [-0.39, 0.29) is 11.7 Å². The summed E-state index contributed by atoms with van der Waals surface area (Å²) in [6.45, 7) is 0. The monoisotopic (exact) mass is 240 g/mol. The minimum absolute atomic E-state index is 0.125. The van der Waals surface area contributed by atoms with E-state index in [4.69, 9.17) is 22.7 Å². The first-order valence-electron chi connectivity index (χ1n) is 4.40. The van der Waals surface area contributed by atoms with Crippen LogP contribution in [-0.2, 0) is 0 Å². The van der Waals surface area contributed by atoms with Crippen LogP contribution in [0, 0.1) is 10.6 Å². The van der Waals surface area contributed by atoms with Gasteiger partial charge in [0.1, 0.15) is 0 Å². The first kappa shape index (κ1) is 10.6. The predicted octanol–water partition coefficient (Wildman–Crippen LogP) is 1.66. The van der Waals surface area contributed by atoms with Crippen LogP contribution in [0.15, 0.2) is 18.2 Å². The van der Waals surface area contributed by atoms with Crippen LogP contribution in [0.3, 0.4) is 0 Å². The highest BCUT2D eigenvalue weighted by atomic mass is 32.1. The number of ether oxygens (including phenoxy) is 1. The van der Waals surface area contributed by atoms with E-state index in [1.165, 1.54) is 23.8 Å². The first-order chi connectivity index (χ1) is 7.63. The van der Waals surface area contributed by atoms with Crippen LogP contribution >= 0.6 is 12.2 Å². The average Bonchev–Trinajstić information content (AvgIpc) is 2.60. The van der Waals surface area contributed by atoms with E-state index in [1.54, 1.807) is 6.07 Å². The molecule has 84 valence electrons. The zero-order valence-corrected chi connectivity index (χ0v) is 9.21. The summed E-state index contributed by atoms with van der Waals surface area (Å²) < 4.78 is 19.9. The fourth-order valence-electron chi connectivity index (χ4n) is 1.35. The number of hydrogen-bond acceptors (Lipinski definition) is 4. The van der Waals surface area contributed by atoms with Crippen molar-refractivity contribution >= 4 is 18.2 Å². The molecule has 3 N–H and O–H groups in total. The number of aromatic amines is 1. The van der Waals surface area contributed by atoms with Crippen LogP contribution in [-0.4, -0.2) is 21.9 Å². The van der Waals surface area contributed by atoms with Crippen molar-refractivity contribution in [1.82, 2.24) is 14.8 Å². The van der Waals surface area contributed by atoms with E-state index in [0.29, 0.717) is 10.5 Å². The molecule has 0 fully saturated rings. The topological polar surface area (TPSA) is 68.9 Å². The number of benzene rings is 1. The highest BCUT2D eigenvalue weighted by Crippen LogP contribution is 2.22. The Labute approximate surface area is 95.7 Å². The Kier molecular flexibility index (Phi) is 2.61. The van der Waals surface area contributed by atoms with Gasteiger partial charge in [-0.05, 0) is 24.4 Å². The first-order valence-corrected chi connectivity index (χ1v) is 4.81. The second kappa shape index (κ2) is 3.93. The summed E-state index contributed by atoms with van der Waals surface area (Å²) in [5.74, 6) is -0.113. The van der Waals surface area contributed by atoms with Crippen LogP contribution in [0.2, 0.25) is 0 Å². The van der Waals surface area contributed by atoms with Crippen LogP contribution in [0.25, 0.3) is 5.69 Å². The number of anilines is 1. The van der Waals surface area contributed by atoms with Crippen molar-refractivity contribution in [3.8, 4) is 11.4 Å². The van der Waals surface area contributed by atoms with Gasteiger partial charge in [-0.3, -0.25) is 4.57 Å². The lowest BCUT2D eigenvalue weighted by atomic mass is 10.3. The second-order valence-electron chi connectivity index (χ2n) is 3.04. The van der Waals surface area contributed by atoms with Gasteiger partial charge in [0, 0.05) is 6.07 Å². The number of nitrogens with two attached hydrogens (primary N) is 1. The van der Waals surface area contributed by atoms with Crippen LogP contribution in [0.5, 0.6) is 5.75 Å². The molecule has 0 atom stereocenters. The number of aromatic nitrogens is 3. The smallest absolute Gasteiger partial charge is 0.225 e. The van der Waals surface area contributed by atoms with Crippen LogP contribution in [0.4, 0.5) is 10.3 Å². The molecule has 0 radical (unpaired) electrons. The largest absolute Gasteiger partial charge is 0.494 e. The molecule has 0 unspecified atom stereocenters. The van der Waals surface area contributed by atoms with Crippen LogP contribution < -0.4 is 10.5 Å². The summed E-state index contributed by atoms with van der Waals surface area (Å²) in [4.78, 5) is 0. The van der Waals surface area contributed by atoms with Crippen molar-refractivity contribution in [2.45, 2.75) is 0 Å². The third-order valence-electron chi connectivity index (χ3n) is 2.09. The number of nitrogen functional groups attached to an aromatic ring is 1. The zero-order chi connectivity index (χ0) is 11.7. The average molecular weight is 240 g/mol. The van der Waals surface area contributed by atoms with E-state index >= 15 is 0 Å². The number of halogens is 1. The summed E-state index contributed by atoms with van der Waals surface area (Å²) >= 11 is 5.00. The number of nitrogens with zero attached hydrogens (tertiary/aromatic N) is 2. The molecule has 0 aliphatic heterocycles. The molecule has 16 heavy (non-hydrogen) atoms. The van der Waals surface area contributed by atoms with Gasteiger partial charge >= 0.3 is 0 Å². The molecule has 2 rings (SSSR count). The van der Waals surface area contributed by atoms with Crippen molar-refractivity contribution in [1.29, 1.82) is 0 Å². The fourth-order valence-corrected chi connectivity index (χ4v) is 1.59. The third kappa shape index (κ3) is 1.65. The molecule has 0 aliphatic carbocycles. The van der Waals surface area contributed by atoms with Crippen molar-refractivity contribution in [3.63, 3.8) is 0 Å². The number of rotatable bonds is 2. The van der Waals surface area contributed by atoms with Crippen LogP contribution in [0.1, 0.15) is 0 Å². The van der Waals surface area contributed by atoms with Gasteiger partial charge in [-0.2, -0.15) is 0 Å². The highest BCUT2D eigenvalue weighted by Gasteiger charge is 2.08. The number of H-pyrrole nitrogens is 1. The number of methoxy groups -OCH3 is 1. The van der Waals surface area contributed by atoms with Crippen molar-refractivity contribution < 1.29 is 9.13 Å². The van der Waals surface area contributed by atoms with E-state index < -0.39 is 5.82 Å². The van der Waals surface area contributed by atoms with E-state index in [0.717, 1.165) is 0 Å². The van der Waals surface area contributed by atoms with Gasteiger partial charge in [-0.15, -0.1) is 5.10 Å². The van der Waals surface area contributed by atoms with Crippen molar-refractivity contribution in [2.75, 3.05) is 12.8 Å². The Morgan fingerprint density at radius 3 is 2.88 bits per heavy atom. The van der Waals surface area contributed by atoms with E-state index in [1.807, 2.05) is 0 Å². The summed E-state index contributed by atoms with van der Waals surface area (Å²) in [6, 6.07) is 4.32. The van der Waals surface area contributed by atoms with Gasteiger partial charge in [-0.25, -0.2) is 9.49 Å². The number of hydrogen-bond donors (Lipinski definition) is 2. The molecule has 0 amide bonds. The molecule has 0 bridgehead atoms. The van der Waals surface area contributed by atoms with Gasteiger partial charge in [0.2, 0.25) is 10.7 Å². The maximum Gasteiger partial charge on any atom is 0.225 e. The molecule has 0 saturated carbocycles. The van der Waals surface area contributed by atoms with Gasteiger partial charge in [-0.1, -0.05) is 0 Å². The van der Waals surface area contributed by atoms with Gasteiger partial charge in [0.05, 0.1) is 12.8 Å². The van der Waals surface area contributed by atoms with Gasteiger partial charge < -0.3 is 10.5 Å². The molecule has 1 aromatic carbocycles. The Balaban J connectivity index is 2.61. The number of nitrogens with one attached hydrogen (secondary N) is 1. The quantitative estimate of drug-likeness (QED) is 0.783. The minimum Gasteiger partial charge on any atom is -0.494 e. The Morgan fingerprint density at radius 2 is 2.31 bits per heavy atom. The summed E-state index contributed by atoms with van der Waals surface area (Å²) in [5, 5.41) is 6.30. The third-order valence-corrected chi connectivity index (χ3v) is 2.37. The molecule has 7 heteroatoms. The molecular weight excluding hydrogens is 231 g/mol. The molecule has 0 spiro atoms. The molecule has 1 aromatic heterocycles. The van der Waals surface area contributed by atoms with Crippen molar-refractivity contribution in [2.24, 2.45) is 0 Å². The zero-order valence-electron chi connectivity index (χ0n) is 8.40. The lowest BCUT2D eigenvalue weighted by molar-refractivity contribution is 0.386. The van der Waals surface area contributed by atoms with E-state index in [2.05, 4.69) is 10.2 Å². The molecule has 2 aromatic rings. The highest BCUT2D eigenvalue weighted by molar-refractivity contribution is 7.71. The summed E-state index contributed by atoms with van der Waals surface area (Å²) in [6.07, 6.45) is 0. The maximum atomic E-state index is 13.2. The molecule has 1 heterocycles. The standard InChI is InChI=1S/C9H9FN4OS/c1-15-7-4-5(2-3-6(7)10)14-8(11)12-13-9(14)16/h2-4H,1H3,(H2,11,12)(H,13,16). The molecular formula is C9H9FN4OS. The Morgan fingerprint density at radius 1 is 1.56 bits per heavy atom. The SMILES string of the molecule is COc1cc(-n2c(N)n[nH]c2=S)ccc1F. The maximum absolute atomic E-state index is 13.2. The minimum atomic E-state index is -0.445. The Hall–Kier alpha value is -1.89. The predicted molar refractivity (Wildman–Crippen MR) is 59.7 cm³/mol. The molecule has 0 saturated heterocycles. The lowest BCUT2D eigenvalue weighted by Crippen LogP contribution is -2.01. The van der Waals surface area contributed by atoms with Crippen molar-refractivity contribution in [3.05, 3.63) is 28.8 Å². The molecule has 5 nitrogen and oxygen atoms in total. The molecule has 0 aliphatic rings.